The molecule has 2 N–H and O–H groups in total. The number of nitrogens with one attached hydrogen (secondary N) is 2. The second kappa shape index (κ2) is 7.61. The van der Waals surface area contributed by atoms with Crippen LogP contribution in [-0.2, 0) is 9.59 Å². The summed E-state index contributed by atoms with van der Waals surface area (Å²) in [5.74, 6) is 0.353. The molecule has 24 heavy (non-hydrogen) atoms. The molecule has 0 saturated carbocycles. The molecule has 0 bridgehead atoms. The first-order valence-electron chi connectivity index (χ1n) is 8.31. The minimum Gasteiger partial charge on any atom is -0.333 e. The van der Waals surface area contributed by atoms with Gasteiger partial charge in [-0.05, 0) is 31.9 Å². The van der Waals surface area contributed by atoms with Gasteiger partial charge in [0.05, 0.1) is 17.1 Å². The van der Waals surface area contributed by atoms with E-state index < -0.39 is 0 Å². The number of amides is 2. The van der Waals surface area contributed by atoms with Crippen molar-refractivity contribution in [2.24, 2.45) is 0 Å². The Labute approximate surface area is 145 Å². The van der Waals surface area contributed by atoms with Gasteiger partial charge in [-0.2, -0.15) is 5.10 Å². The molecule has 2 aromatic heterocycles. The lowest BCUT2D eigenvalue weighted by Crippen LogP contribution is -2.39. The van der Waals surface area contributed by atoms with Gasteiger partial charge in [-0.3, -0.25) is 14.7 Å². The van der Waals surface area contributed by atoms with Crippen LogP contribution in [0, 0.1) is 6.92 Å². The molecule has 3 rings (SSSR count). The maximum Gasteiger partial charge on any atom is 0.245 e. The highest BCUT2D eigenvalue weighted by molar-refractivity contribution is 7.15. The Bertz CT molecular complexity index is 722. The molecule has 2 aromatic rings. The van der Waals surface area contributed by atoms with Gasteiger partial charge in [0.1, 0.15) is 0 Å². The molecule has 2 amide bonds. The number of hydrogen-bond acceptors (Lipinski definition) is 4. The summed E-state index contributed by atoms with van der Waals surface area (Å²) in [5.41, 5.74) is 0.880. The summed E-state index contributed by atoms with van der Waals surface area (Å²) in [6.07, 6.45) is 4.64. The Hall–Kier alpha value is -2.15. The van der Waals surface area contributed by atoms with Crippen LogP contribution in [0.5, 0.6) is 0 Å². The van der Waals surface area contributed by atoms with Crippen molar-refractivity contribution < 1.29 is 9.59 Å². The molecule has 1 aliphatic rings. The highest BCUT2D eigenvalue weighted by atomic mass is 32.1. The van der Waals surface area contributed by atoms with E-state index in [0.717, 1.165) is 36.3 Å². The average molecular weight is 346 g/mol. The van der Waals surface area contributed by atoms with Crippen molar-refractivity contribution >= 4 is 29.0 Å². The number of aromatic nitrogens is 2. The number of H-pyrrole nitrogens is 1. The number of rotatable bonds is 4. The van der Waals surface area contributed by atoms with Gasteiger partial charge in [-0.15, -0.1) is 11.3 Å². The highest BCUT2D eigenvalue weighted by Gasteiger charge is 2.19. The molecular weight excluding hydrogens is 324 g/mol. The Kier molecular flexibility index (Phi) is 5.30. The lowest BCUT2D eigenvalue weighted by Gasteiger charge is -2.23. The third kappa shape index (κ3) is 4.23. The van der Waals surface area contributed by atoms with Crippen molar-refractivity contribution in [1.29, 1.82) is 0 Å². The van der Waals surface area contributed by atoms with Crippen LogP contribution >= 0.6 is 11.3 Å². The molecule has 0 radical (unpaired) electrons. The molecule has 6 nitrogen and oxygen atoms in total. The fourth-order valence-corrected chi connectivity index (χ4v) is 3.66. The van der Waals surface area contributed by atoms with Crippen LogP contribution in [0.25, 0.3) is 10.6 Å². The van der Waals surface area contributed by atoms with Crippen LogP contribution < -0.4 is 5.32 Å². The molecule has 0 aliphatic carbocycles. The minimum absolute atomic E-state index is 0.0710. The Morgan fingerprint density at radius 2 is 2.17 bits per heavy atom. The normalized spacial score (nSPS) is 15.9. The number of aryl methyl sites for hydroxylation is 1. The molecule has 0 aromatic carbocycles. The molecule has 1 saturated heterocycles. The zero-order valence-electron chi connectivity index (χ0n) is 13.8. The quantitative estimate of drug-likeness (QED) is 0.892. The van der Waals surface area contributed by atoms with Gasteiger partial charge in [0.2, 0.25) is 11.8 Å². The van der Waals surface area contributed by atoms with Crippen LogP contribution in [0.4, 0.5) is 5.82 Å². The van der Waals surface area contributed by atoms with E-state index >= 15 is 0 Å². The molecular formula is C17H22N4O2S. The van der Waals surface area contributed by atoms with Crippen molar-refractivity contribution in [2.45, 2.75) is 39.0 Å². The summed E-state index contributed by atoms with van der Waals surface area (Å²) in [6, 6.07) is 5.89. The maximum atomic E-state index is 12.2. The third-order valence-electron chi connectivity index (χ3n) is 4.11. The predicted molar refractivity (Wildman–Crippen MR) is 94.9 cm³/mol. The summed E-state index contributed by atoms with van der Waals surface area (Å²) in [5, 5.41) is 9.84. The SMILES string of the molecule is Cc1ccc(-c2cc(NC(=O)CN3CCCCCCC3=O)n[nH]2)s1. The summed E-state index contributed by atoms with van der Waals surface area (Å²) >= 11 is 1.67. The largest absolute Gasteiger partial charge is 0.333 e. The average Bonchev–Trinajstić information content (AvgIpc) is 3.16. The van der Waals surface area contributed by atoms with E-state index in [1.165, 1.54) is 4.88 Å². The van der Waals surface area contributed by atoms with Crippen LogP contribution in [0.15, 0.2) is 18.2 Å². The van der Waals surface area contributed by atoms with Crippen LogP contribution in [0.1, 0.15) is 37.0 Å². The number of aromatic amines is 1. The molecule has 0 atom stereocenters. The van der Waals surface area contributed by atoms with E-state index in [9.17, 15) is 9.59 Å². The number of nitrogens with zero attached hydrogens (tertiary/aromatic N) is 2. The van der Waals surface area contributed by atoms with Crippen LogP contribution in [0.2, 0.25) is 0 Å². The second-order valence-electron chi connectivity index (χ2n) is 6.10. The topological polar surface area (TPSA) is 78.1 Å². The van der Waals surface area contributed by atoms with E-state index in [1.54, 1.807) is 16.2 Å². The smallest absolute Gasteiger partial charge is 0.245 e. The van der Waals surface area contributed by atoms with E-state index in [2.05, 4.69) is 15.5 Å². The number of likely N-dealkylation sites (tertiary alicyclic amines) is 1. The third-order valence-corrected chi connectivity index (χ3v) is 5.14. The fraction of sp³-hybridized carbons (Fsp3) is 0.471. The van der Waals surface area contributed by atoms with Gasteiger partial charge < -0.3 is 10.2 Å². The highest BCUT2D eigenvalue weighted by Crippen LogP contribution is 2.27. The number of thiophene rings is 1. The number of anilines is 1. The first-order valence-corrected chi connectivity index (χ1v) is 9.13. The van der Waals surface area contributed by atoms with Crippen LogP contribution in [0.3, 0.4) is 0 Å². The van der Waals surface area contributed by atoms with Gasteiger partial charge >= 0.3 is 0 Å². The van der Waals surface area contributed by atoms with E-state index in [1.807, 2.05) is 25.1 Å². The van der Waals surface area contributed by atoms with Crippen LogP contribution in [-0.4, -0.2) is 40.0 Å². The molecule has 0 spiro atoms. The second-order valence-corrected chi connectivity index (χ2v) is 7.39. The van der Waals surface area contributed by atoms with Gasteiger partial charge in [0, 0.05) is 23.9 Å². The minimum atomic E-state index is -0.204. The Morgan fingerprint density at radius 3 is 2.96 bits per heavy atom. The number of hydrogen-bond donors (Lipinski definition) is 2. The van der Waals surface area contributed by atoms with E-state index in [4.69, 9.17) is 0 Å². The predicted octanol–water partition coefficient (Wildman–Crippen LogP) is 3.18. The fourth-order valence-electron chi connectivity index (χ4n) is 2.83. The first kappa shape index (κ1) is 16.7. The molecule has 1 fully saturated rings. The Morgan fingerprint density at radius 1 is 1.33 bits per heavy atom. The standard InChI is InChI=1S/C17H22N4O2S/c1-12-7-8-14(24-12)13-10-15(20-19-13)18-16(22)11-21-9-5-3-2-4-6-17(21)23/h7-8,10H,2-6,9,11H2,1H3,(H2,18,19,20,22). The number of carbonyl (C=O) groups excluding carboxylic acids is 2. The molecule has 128 valence electrons. The zero-order chi connectivity index (χ0) is 16.9. The van der Waals surface area contributed by atoms with Crippen molar-refractivity contribution in [1.82, 2.24) is 15.1 Å². The lowest BCUT2D eigenvalue weighted by atomic mass is 10.1. The van der Waals surface area contributed by atoms with Crippen molar-refractivity contribution in [3.63, 3.8) is 0 Å². The summed E-state index contributed by atoms with van der Waals surface area (Å²) in [6.45, 7) is 2.80. The van der Waals surface area contributed by atoms with Crippen molar-refractivity contribution in [2.75, 3.05) is 18.4 Å². The maximum absolute atomic E-state index is 12.2. The monoisotopic (exact) mass is 346 g/mol. The molecule has 7 heteroatoms. The molecule has 1 aliphatic heterocycles. The molecule has 0 unspecified atom stereocenters. The summed E-state index contributed by atoms with van der Waals surface area (Å²) in [4.78, 5) is 28.3. The summed E-state index contributed by atoms with van der Waals surface area (Å²) in [7, 11) is 0. The zero-order valence-corrected chi connectivity index (χ0v) is 14.6. The number of carbonyl (C=O) groups is 2. The van der Waals surface area contributed by atoms with Gasteiger partial charge in [-0.25, -0.2) is 0 Å². The van der Waals surface area contributed by atoms with E-state index in [-0.39, 0.29) is 18.4 Å². The van der Waals surface area contributed by atoms with Gasteiger partial charge in [-0.1, -0.05) is 12.8 Å². The van der Waals surface area contributed by atoms with E-state index in [0.29, 0.717) is 18.8 Å². The Balaban J connectivity index is 1.58. The van der Waals surface area contributed by atoms with Crippen molar-refractivity contribution in [3.05, 3.63) is 23.1 Å². The summed E-state index contributed by atoms with van der Waals surface area (Å²) < 4.78 is 0. The van der Waals surface area contributed by atoms with Gasteiger partial charge in [0.25, 0.3) is 0 Å². The lowest BCUT2D eigenvalue weighted by molar-refractivity contribution is -0.135. The van der Waals surface area contributed by atoms with Gasteiger partial charge in [0.15, 0.2) is 5.82 Å². The van der Waals surface area contributed by atoms with Crippen molar-refractivity contribution in [3.8, 4) is 10.6 Å². The molecule has 3 heterocycles. The first-order chi connectivity index (χ1) is 11.6.